The van der Waals surface area contributed by atoms with Gasteiger partial charge >= 0.3 is 5.97 Å². The number of hydrogen-bond acceptors (Lipinski definition) is 3. The third kappa shape index (κ3) is 3.47. The van der Waals surface area contributed by atoms with E-state index in [1.165, 1.54) is 0 Å². The zero-order chi connectivity index (χ0) is 11.3. The van der Waals surface area contributed by atoms with Crippen molar-refractivity contribution in [2.24, 2.45) is 0 Å². The molecule has 4 heteroatoms. The Morgan fingerprint density at radius 3 is 2.93 bits per heavy atom. The highest BCUT2D eigenvalue weighted by Crippen LogP contribution is 2.21. The van der Waals surface area contributed by atoms with Crippen LogP contribution in [-0.2, 0) is 9.53 Å². The number of methoxy groups -OCH3 is 1. The molecule has 0 aliphatic carbocycles. The largest absolute Gasteiger partial charge is 0.480 e. The van der Waals surface area contributed by atoms with E-state index in [2.05, 4.69) is 11.8 Å². The van der Waals surface area contributed by atoms with Crippen LogP contribution in [0.2, 0.25) is 0 Å². The van der Waals surface area contributed by atoms with E-state index in [0.717, 1.165) is 32.2 Å². The molecular weight excluding hydrogens is 194 g/mol. The van der Waals surface area contributed by atoms with Crippen LogP contribution in [0.4, 0.5) is 0 Å². The predicted octanol–water partition coefficient (Wildman–Crippen LogP) is 1.35. The molecule has 4 nitrogen and oxygen atoms in total. The van der Waals surface area contributed by atoms with Crippen LogP contribution in [-0.4, -0.2) is 48.3 Å². The first-order valence-corrected chi connectivity index (χ1v) is 5.64. The number of piperidine rings is 1. The molecule has 1 aliphatic rings. The summed E-state index contributed by atoms with van der Waals surface area (Å²) in [5.41, 5.74) is 0. The van der Waals surface area contributed by atoms with Gasteiger partial charge in [0.05, 0.1) is 0 Å². The van der Waals surface area contributed by atoms with Crippen LogP contribution in [0.1, 0.15) is 32.6 Å². The van der Waals surface area contributed by atoms with E-state index in [0.29, 0.717) is 12.6 Å². The van der Waals surface area contributed by atoms with Crippen LogP contribution in [0.25, 0.3) is 0 Å². The van der Waals surface area contributed by atoms with Crippen molar-refractivity contribution in [3.05, 3.63) is 0 Å². The SMILES string of the molecule is COCCC(C)N1CCCCC1C(=O)O. The summed E-state index contributed by atoms with van der Waals surface area (Å²) >= 11 is 0. The molecule has 0 aromatic heterocycles. The fourth-order valence-electron chi connectivity index (χ4n) is 2.20. The molecule has 2 atom stereocenters. The number of ether oxygens (including phenoxy) is 1. The van der Waals surface area contributed by atoms with E-state index in [1.54, 1.807) is 7.11 Å². The lowest BCUT2D eigenvalue weighted by molar-refractivity contribution is -0.145. The number of nitrogens with zero attached hydrogens (tertiary/aromatic N) is 1. The lowest BCUT2D eigenvalue weighted by Crippen LogP contribution is -2.49. The summed E-state index contributed by atoms with van der Waals surface area (Å²) in [4.78, 5) is 13.2. The van der Waals surface area contributed by atoms with E-state index in [4.69, 9.17) is 9.84 Å². The summed E-state index contributed by atoms with van der Waals surface area (Å²) < 4.78 is 5.02. The maximum absolute atomic E-state index is 11.1. The lowest BCUT2D eigenvalue weighted by Gasteiger charge is -2.37. The van der Waals surface area contributed by atoms with E-state index in [-0.39, 0.29) is 6.04 Å². The molecule has 1 saturated heterocycles. The number of rotatable bonds is 5. The average Bonchev–Trinajstić information content (AvgIpc) is 2.25. The summed E-state index contributed by atoms with van der Waals surface area (Å²) in [5.74, 6) is -0.682. The quantitative estimate of drug-likeness (QED) is 0.752. The molecule has 0 aromatic rings. The van der Waals surface area contributed by atoms with Gasteiger partial charge in [-0.25, -0.2) is 0 Å². The van der Waals surface area contributed by atoms with Crippen molar-refractivity contribution in [2.45, 2.75) is 44.7 Å². The zero-order valence-corrected chi connectivity index (χ0v) is 9.61. The minimum absolute atomic E-state index is 0.286. The molecule has 0 spiro atoms. The summed E-state index contributed by atoms with van der Waals surface area (Å²) in [7, 11) is 1.68. The van der Waals surface area contributed by atoms with Crippen molar-refractivity contribution >= 4 is 5.97 Å². The Balaban J connectivity index is 2.51. The Labute approximate surface area is 91.2 Å². The zero-order valence-electron chi connectivity index (χ0n) is 9.61. The van der Waals surface area contributed by atoms with Gasteiger partial charge in [-0.2, -0.15) is 0 Å². The Hall–Kier alpha value is -0.610. The highest BCUT2D eigenvalue weighted by atomic mass is 16.5. The number of likely N-dealkylation sites (tertiary alicyclic amines) is 1. The van der Waals surface area contributed by atoms with Gasteiger partial charge in [0.1, 0.15) is 6.04 Å². The van der Waals surface area contributed by atoms with Crippen LogP contribution in [0.5, 0.6) is 0 Å². The van der Waals surface area contributed by atoms with Crippen molar-refractivity contribution in [3.63, 3.8) is 0 Å². The van der Waals surface area contributed by atoms with Gasteiger partial charge in [0, 0.05) is 19.8 Å². The molecule has 0 aromatic carbocycles. The third-order valence-electron chi connectivity index (χ3n) is 3.14. The molecule has 0 bridgehead atoms. The maximum atomic E-state index is 11.1. The summed E-state index contributed by atoms with van der Waals surface area (Å²) in [6.07, 6.45) is 3.83. The molecule has 1 aliphatic heterocycles. The van der Waals surface area contributed by atoms with Crippen LogP contribution in [0.3, 0.4) is 0 Å². The van der Waals surface area contributed by atoms with E-state index < -0.39 is 5.97 Å². The Bertz CT molecular complexity index is 208. The van der Waals surface area contributed by atoms with Gasteiger partial charge in [-0.3, -0.25) is 9.69 Å². The topological polar surface area (TPSA) is 49.8 Å². The van der Waals surface area contributed by atoms with E-state index in [9.17, 15) is 4.79 Å². The van der Waals surface area contributed by atoms with Crippen molar-refractivity contribution in [2.75, 3.05) is 20.3 Å². The monoisotopic (exact) mass is 215 g/mol. The Morgan fingerprint density at radius 2 is 2.33 bits per heavy atom. The number of aliphatic carboxylic acids is 1. The summed E-state index contributed by atoms with van der Waals surface area (Å²) in [6, 6.07) is 0.0111. The molecule has 15 heavy (non-hydrogen) atoms. The van der Waals surface area contributed by atoms with Crippen molar-refractivity contribution in [1.82, 2.24) is 4.90 Å². The Kier molecular flexibility index (Phi) is 5.05. The summed E-state index contributed by atoms with van der Waals surface area (Å²) in [5, 5.41) is 9.11. The lowest BCUT2D eigenvalue weighted by atomic mass is 9.99. The van der Waals surface area contributed by atoms with Crippen LogP contribution < -0.4 is 0 Å². The first kappa shape index (κ1) is 12.5. The molecule has 1 heterocycles. The van der Waals surface area contributed by atoms with Gasteiger partial charge in [-0.1, -0.05) is 6.42 Å². The van der Waals surface area contributed by atoms with Crippen LogP contribution in [0, 0.1) is 0 Å². The summed E-state index contributed by atoms with van der Waals surface area (Å²) in [6.45, 7) is 3.69. The Morgan fingerprint density at radius 1 is 1.60 bits per heavy atom. The van der Waals surface area contributed by atoms with Gasteiger partial charge in [0.25, 0.3) is 0 Å². The van der Waals surface area contributed by atoms with E-state index in [1.807, 2.05) is 0 Å². The second-order valence-electron chi connectivity index (χ2n) is 4.22. The average molecular weight is 215 g/mol. The highest BCUT2D eigenvalue weighted by Gasteiger charge is 2.31. The smallest absolute Gasteiger partial charge is 0.320 e. The molecule has 0 amide bonds. The van der Waals surface area contributed by atoms with Crippen molar-refractivity contribution in [1.29, 1.82) is 0 Å². The minimum Gasteiger partial charge on any atom is -0.480 e. The minimum atomic E-state index is -0.682. The van der Waals surface area contributed by atoms with Gasteiger partial charge in [-0.15, -0.1) is 0 Å². The molecule has 0 radical (unpaired) electrons. The standard InChI is InChI=1S/C11H21NO3/c1-9(6-8-15-2)12-7-4-3-5-10(12)11(13)14/h9-10H,3-8H2,1-2H3,(H,13,14). The fraction of sp³-hybridized carbons (Fsp3) is 0.909. The number of carbonyl (C=O) groups is 1. The molecular formula is C11H21NO3. The highest BCUT2D eigenvalue weighted by molar-refractivity contribution is 5.73. The maximum Gasteiger partial charge on any atom is 0.320 e. The predicted molar refractivity (Wildman–Crippen MR) is 57.9 cm³/mol. The molecule has 1 N–H and O–H groups in total. The second-order valence-corrected chi connectivity index (χ2v) is 4.22. The number of carboxylic acids is 1. The van der Waals surface area contributed by atoms with Gasteiger partial charge in [0.15, 0.2) is 0 Å². The van der Waals surface area contributed by atoms with Gasteiger partial charge in [-0.05, 0) is 32.7 Å². The van der Waals surface area contributed by atoms with Crippen LogP contribution >= 0.6 is 0 Å². The van der Waals surface area contributed by atoms with Gasteiger partial charge in [0.2, 0.25) is 0 Å². The molecule has 0 saturated carbocycles. The molecule has 88 valence electrons. The van der Waals surface area contributed by atoms with E-state index >= 15 is 0 Å². The second kappa shape index (κ2) is 6.08. The molecule has 1 fully saturated rings. The fourth-order valence-corrected chi connectivity index (χ4v) is 2.20. The first-order chi connectivity index (χ1) is 7.16. The third-order valence-corrected chi connectivity index (χ3v) is 3.14. The van der Waals surface area contributed by atoms with Crippen molar-refractivity contribution in [3.8, 4) is 0 Å². The molecule has 1 rings (SSSR count). The number of carboxylic acid groups (broad SMARTS) is 1. The van der Waals surface area contributed by atoms with Gasteiger partial charge < -0.3 is 9.84 Å². The van der Waals surface area contributed by atoms with Crippen molar-refractivity contribution < 1.29 is 14.6 Å². The first-order valence-electron chi connectivity index (χ1n) is 5.64. The molecule has 2 unspecified atom stereocenters. The number of hydrogen-bond donors (Lipinski definition) is 1. The normalized spacial score (nSPS) is 25.1. The van der Waals surface area contributed by atoms with Crippen LogP contribution in [0.15, 0.2) is 0 Å².